The van der Waals surface area contributed by atoms with Crippen molar-refractivity contribution in [2.45, 2.75) is 19.9 Å². The highest BCUT2D eigenvalue weighted by Gasteiger charge is 2.13. The van der Waals surface area contributed by atoms with Gasteiger partial charge in [-0.05, 0) is 24.8 Å². The van der Waals surface area contributed by atoms with Crippen molar-refractivity contribution in [1.82, 2.24) is 9.97 Å². The minimum atomic E-state index is -1.12. The molecule has 0 bridgehead atoms. The van der Waals surface area contributed by atoms with E-state index in [9.17, 15) is 4.79 Å². The lowest BCUT2D eigenvalue weighted by Crippen LogP contribution is -2.20. The van der Waals surface area contributed by atoms with E-state index in [4.69, 9.17) is 5.11 Å². The van der Waals surface area contributed by atoms with Gasteiger partial charge in [0.15, 0.2) is 0 Å². The van der Waals surface area contributed by atoms with E-state index in [0.717, 1.165) is 16.9 Å². The number of nitrogens with zero attached hydrogens (tertiary/aromatic N) is 2. The molecule has 0 spiro atoms. The lowest BCUT2D eigenvalue weighted by Gasteiger charge is -2.15. The van der Waals surface area contributed by atoms with E-state index >= 15 is 0 Å². The summed E-state index contributed by atoms with van der Waals surface area (Å²) < 4.78 is 0. The smallest absolute Gasteiger partial charge is 0.374 e. The highest BCUT2D eigenvalue weighted by atomic mass is 32.2. The topological polar surface area (TPSA) is 75.1 Å². The van der Waals surface area contributed by atoms with Crippen LogP contribution in [0, 0.1) is 0 Å². The number of hydrogen-bond acceptors (Lipinski definition) is 5. The number of fused-ring (bicyclic) bond motifs is 1. The molecule has 1 heterocycles. The zero-order valence-electron chi connectivity index (χ0n) is 11.5. The maximum absolute atomic E-state index is 11.1. The summed E-state index contributed by atoms with van der Waals surface area (Å²) >= 11 is 1.83. The van der Waals surface area contributed by atoms with Crippen molar-refractivity contribution in [3.05, 3.63) is 30.1 Å². The number of aromatic carboxylic acids is 1. The van der Waals surface area contributed by atoms with Crippen LogP contribution in [-0.2, 0) is 0 Å². The Kier molecular flexibility index (Phi) is 4.79. The molecule has 2 rings (SSSR count). The van der Waals surface area contributed by atoms with Gasteiger partial charge in [0.25, 0.3) is 0 Å². The Balaban J connectivity index is 2.37. The third-order valence-electron chi connectivity index (χ3n) is 2.75. The second-order valence-corrected chi connectivity index (χ2v) is 5.74. The number of carbonyl (C=O) groups is 1. The second kappa shape index (κ2) is 6.56. The lowest BCUT2D eigenvalue weighted by molar-refractivity contribution is 0.0684. The van der Waals surface area contributed by atoms with Crippen molar-refractivity contribution < 1.29 is 9.90 Å². The summed E-state index contributed by atoms with van der Waals surface area (Å²) in [5.74, 6) is 1.28. The molecular weight excluding hydrogens is 274 g/mol. The van der Waals surface area contributed by atoms with Gasteiger partial charge >= 0.3 is 5.97 Å². The van der Waals surface area contributed by atoms with Crippen LogP contribution in [0.3, 0.4) is 0 Å². The van der Waals surface area contributed by atoms with Gasteiger partial charge in [-0.1, -0.05) is 19.1 Å². The van der Waals surface area contributed by atoms with Gasteiger partial charge in [-0.25, -0.2) is 14.8 Å². The molecule has 1 aromatic carbocycles. The van der Waals surface area contributed by atoms with Gasteiger partial charge in [0.05, 0.1) is 5.52 Å². The van der Waals surface area contributed by atoms with Gasteiger partial charge < -0.3 is 10.4 Å². The predicted molar refractivity (Wildman–Crippen MR) is 82.6 cm³/mol. The molecule has 0 saturated heterocycles. The molecule has 1 atom stereocenters. The number of carboxylic acids is 1. The summed E-state index contributed by atoms with van der Waals surface area (Å²) in [5.41, 5.74) is 0.637. The molecule has 0 radical (unpaired) electrons. The number of para-hydroxylation sites is 1. The second-order valence-electron chi connectivity index (χ2n) is 4.42. The fraction of sp³-hybridized carbons (Fsp3) is 0.357. The molecule has 0 amide bonds. The maximum Gasteiger partial charge on any atom is 0.374 e. The van der Waals surface area contributed by atoms with Crippen LogP contribution in [0.15, 0.2) is 24.3 Å². The van der Waals surface area contributed by atoms with Crippen molar-refractivity contribution in [2.24, 2.45) is 0 Å². The van der Waals surface area contributed by atoms with Crippen LogP contribution in [0.1, 0.15) is 24.5 Å². The molecule has 1 unspecified atom stereocenters. The molecular formula is C14H17N3O2S. The number of hydrogen-bond donors (Lipinski definition) is 2. The van der Waals surface area contributed by atoms with Gasteiger partial charge in [0.1, 0.15) is 5.82 Å². The molecule has 0 aliphatic carbocycles. The molecule has 1 aromatic heterocycles. The highest BCUT2D eigenvalue weighted by molar-refractivity contribution is 7.99. The Bertz CT molecular complexity index is 618. The Morgan fingerprint density at radius 3 is 2.85 bits per heavy atom. The molecule has 0 saturated carbocycles. The number of anilines is 1. The minimum absolute atomic E-state index is 0.179. The van der Waals surface area contributed by atoms with E-state index in [-0.39, 0.29) is 11.9 Å². The molecule has 0 aliphatic heterocycles. The van der Waals surface area contributed by atoms with E-state index in [1.165, 1.54) is 0 Å². The molecule has 2 N–H and O–H groups in total. The highest BCUT2D eigenvalue weighted by Crippen LogP contribution is 2.21. The molecule has 5 nitrogen and oxygen atoms in total. The molecule has 6 heteroatoms. The van der Waals surface area contributed by atoms with Gasteiger partial charge in [0, 0.05) is 17.2 Å². The van der Waals surface area contributed by atoms with E-state index in [0.29, 0.717) is 11.3 Å². The lowest BCUT2D eigenvalue weighted by atomic mass is 10.2. The first kappa shape index (κ1) is 14.6. The van der Waals surface area contributed by atoms with Crippen LogP contribution in [0.5, 0.6) is 0 Å². The van der Waals surface area contributed by atoms with Crippen molar-refractivity contribution in [2.75, 3.05) is 16.8 Å². The first-order valence-corrected chi connectivity index (χ1v) is 7.61. The van der Waals surface area contributed by atoms with Crippen molar-refractivity contribution in [3.8, 4) is 0 Å². The van der Waals surface area contributed by atoms with Gasteiger partial charge in [-0.15, -0.1) is 0 Å². The van der Waals surface area contributed by atoms with Crippen LogP contribution < -0.4 is 5.32 Å². The van der Waals surface area contributed by atoms with Crippen LogP contribution in [-0.4, -0.2) is 38.6 Å². The quantitative estimate of drug-likeness (QED) is 0.852. The molecule has 106 valence electrons. The molecule has 0 fully saturated rings. The molecule has 0 aliphatic rings. The Labute approximate surface area is 121 Å². The fourth-order valence-corrected chi connectivity index (χ4v) is 2.52. The Morgan fingerprint density at radius 2 is 2.15 bits per heavy atom. The van der Waals surface area contributed by atoms with E-state index in [2.05, 4.69) is 29.1 Å². The summed E-state index contributed by atoms with van der Waals surface area (Å²) in [6.45, 7) is 4.17. The van der Waals surface area contributed by atoms with Crippen LogP contribution >= 0.6 is 11.8 Å². The number of nitrogens with one attached hydrogen (secondary N) is 1. The predicted octanol–water partition coefficient (Wildman–Crippen LogP) is 2.88. The average molecular weight is 291 g/mol. The zero-order chi connectivity index (χ0) is 14.5. The van der Waals surface area contributed by atoms with Crippen LogP contribution in [0.2, 0.25) is 0 Å². The number of carboxylic acid groups (broad SMARTS) is 1. The average Bonchev–Trinajstić information content (AvgIpc) is 2.44. The largest absolute Gasteiger partial charge is 0.475 e. The Morgan fingerprint density at radius 1 is 1.40 bits per heavy atom. The summed E-state index contributed by atoms with van der Waals surface area (Å²) in [4.78, 5) is 19.3. The van der Waals surface area contributed by atoms with Gasteiger partial charge in [0.2, 0.25) is 5.82 Å². The standard InChI is InChI=1S/C14H17N3O2S/c1-3-20-8-9(2)15-12-10-6-4-5-7-11(10)16-13(17-12)14(18)19/h4-7,9H,3,8H2,1-2H3,(H,18,19)(H,15,16,17). The van der Waals surface area contributed by atoms with Gasteiger partial charge in [-0.3, -0.25) is 0 Å². The first-order chi connectivity index (χ1) is 9.61. The summed E-state index contributed by atoms with van der Waals surface area (Å²) in [6.07, 6.45) is 0. The van der Waals surface area contributed by atoms with Crippen molar-refractivity contribution >= 4 is 34.5 Å². The van der Waals surface area contributed by atoms with Crippen LogP contribution in [0.4, 0.5) is 5.82 Å². The van der Waals surface area contributed by atoms with Crippen LogP contribution in [0.25, 0.3) is 10.9 Å². The third kappa shape index (κ3) is 3.39. The maximum atomic E-state index is 11.1. The zero-order valence-corrected chi connectivity index (χ0v) is 12.3. The fourth-order valence-electron chi connectivity index (χ4n) is 1.85. The number of aromatic nitrogens is 2. The van der Waals surface area contributed by atoms with E-state index in [1.54, 1.807) is 6.07 Å². The van der Waals surface area contributed by atoms with Crippen molar-refractivity contribution in [3.63, 3.8) is 0 Å². The SMILES string of the molecule is CCSCC(C)Nc1nc(C(=O)O)nc2ccccc12. The van der Waals surface area contributed by atoms with Gasteiger partial charge in [-0.2, -0.15) is 11.8 Å². The minimum Gasteiger partial charge on any atom is -0.475 e. The number of benzene rings is 1. The summed E-state index contributed by atoms with van der Waals surface area (Å²) in [5, 5.41) is 13.2. The third-order valence-corrected chi connectivity index (χ3v) is 3.89. The normalized spacial score (nSPS) is 12.3. The summed E-state index contributed by atoms with van der Waals surface area (Å²) in [6, 6.07) is 7.62. The monoisotopic (exact) mass is 291 g/mol. The Hall–Kier alpha value is -1.82. The first-order valence-electron chi connectivity index (χ1n) is 6.46. The molecule has 2 aromatic rings. The van der Waals surface area contributed by atoms with E-state index < -0.39 is 5.97 Å². The number of thioether (sulfide) groups is 1. The molecule has 20 heavy (non-hydrogen) atoms. The van der Waals surface area contributed by atoms with Crippen molar-refractivity contribution in [1.29, 1.82) is 0 Å². The van der Waals surface area contributed by atoms with E-state index in [1.807, 2.05) is 30.0 Å². The summed E-state index contributed by atoms with van der Waals surface area (Å²) in [7, 11) is 0. The number of rotatable bonds is 6.